The Balaban J connectivity index is 1.92. The van der Waals surface area contributed by atoms with Gasteiger partial charge in [-0.2, -0.15) is 0 Å². The fourth-order valence-electron chi connectivity index (χ4n) is 4.24. The molecule has 0 bridgehead atoms. The zero-order valence-electron chi connectivity index (χ0n) is 15.0. The van der Waals surface area contributed by atoms with Crippen molar-refractivity contribution in [2.24, 2.45) is 5.41 Å². The van der Waals surface area contributed by atoms with Crippen LogP contribution in [0.5, 0.6) is 0 Å². The smallest absolute Gasteiger partial charge is 0.0274 e. The van der Waals surface area contributed by atoms with Gasteiger partial charge in [-0.1, -0.05) is 27.7 Å². The molecule has 3 heteroatoms. The van der Waals surface area contributed by atoms with Crippen molar-refractivity contribution < 1.29 is 0 Å². The number of nitrogens with one attached hydrogen (secondary N) is 1. The highest BCUT2D eigenvalue weighted by atomic mass is 15.3. The fraction of sp³-hybridized carbons (Fsp3) is 1.00. The van der Waals surface area contributed by atoms with Gasteiger partial charge in [0.25, 0.3) is 0 Å². The van der Waals surface area contributed by atoms with E-state index < -0.39 is 0 Å². The van der Waals surface area contributed by atoms with Crippen molar-refractivity contribution in [1.29, 1.82) is 0 Å². The second kappa shape index (κ2) is 7.43. The zero-order valence-corrected chi connectivity index (χ0v) is 15.0. The Labute approximate surface area is 132 Å². The van der Waals surface area contributed by atoms with Crippen molar-refractivity contribution in [3.63, 3.8) is 0 Å². The maximum atomic E-state index is 3.86. The number of rotatable bonds is 6. The fourth-order valence-corrected chi connectivity index (χ4v) is 4.24. The SMILES string of the molecule is CCCNC1C(N2CCN(C(C)CC)CC2)CCC1(C)C. The number of piperazine rings is 1. The Morgan fingerprint density at radius 3 is 2.38 bits per heavy atom. The van der Waals surface area contributed by atoms with Gasteiger partial charge in [-0.05, 0) is 44.6 Å². The predicted octanol–water partition coefficient (Wildman–Crippen LogP) is 2.96. The van der Waals surface area contributed by atoms with E-state index >= 15 is 0 Å². The molecule has 1 N–H and O–H groups in total. The lowest BCUT2D eigenvalue weighted by molar-refractivity contribution is 0.0580. The van der Waals surface area contributed by atoms with Gasteiger partial charge in [0.1, 0.15) is 0 Å². The maximum Gasteiger partial charge on any atom is 0.0274 e. The van der Waals surface area contributed by atoms with Crippen LogP contribution in [0.3, 0.4) is 0 Å². The average molecular weight is 296 g/mol. The highest BCUT2D eigenvalue weighted by Crippen LogP contribution is 2.40. The van der Waals surface area contributed by atoms with Gasteiger partial charge in [0.05, 0.1) is 0 Å². The molecule has 3 nitrogen and oxygen atoms in total. The molecule has 0 amide bonds. The highest BCUT2D eigenvalue weighted by Gasteiger charge is 2.44. The molecule has 1 saturated heterocycles. The molecule has 1 aliphatic carbocycles. The Bertz CT molecular complexity index is 308. The molecule has 2 aliphatic rings. The number of hydrogen-bond acceptors (Lipinski definition) is 3. The summed E-state index contributed by atoms with van der Waals surface area (Å²) >= 11 is 0. The standard InChI is InChI=1S/C18H37N3/c1-6-10-19-17-16(8-9-18(17,4)5)21-13-11-20(12-14-21)15(3)7-2/h15-17,19H,6-14H2,1-5H3. The molecular formula is C18H37N3. The molecule has 1 heterocycles. The Morgan fingerprint density at radius 2 is 1.81 bits per heavy atom. The van der Waals surface area contributed by atoms with Crippen molar-refractivity contribution in [3.05, 3.63) is 0 Å². The minimum Gasteiger partial charge on any atom is -0.312 e. The molecule has 1 aliphatic heterocycles. The molecular weight excluding hydrogens is 258 g/mol. The summed E-state index contributed by atoms with van der Waals surface area (Å²) in [6.45, 7) is 18.1. The summed E-state index contributed by atoms with van der Waals surface area (Å²) in [5, 5.41) is 3.86. The quantitative estimate of drug-likeness (QED) is 0.813. The lowest BCUT2D eigenvalue weighted by Gasteiger charge is -2.43. The largest absolute Gasteiger partial charge is 0.312 e. The van der Waals surface area contributed by atoms with E-state index in [9.17, 15) is 0 Å². The van der Waals surface area contributed by atoms with Crippen molar-refractivity contribution in [3.8, 4) is 0 Å². The van der Waals surface area contributed by atoms with Gasteiger partial charge in [-0.15, -0.1) is 0 Å². The Hall–Kier alpha value is -0.120. The van der Waals surface area contributed by atoms with Crippen molar-refractivity contribution in [2.45, 2.75) is 78.4 Å². The van der Waals surface area contributed by atoms with E-state index in [1.165, 1.54) is 51.9 Å². The van der Waals surface area contributed by atoms with E-state index in [1.54, 1.807) is 0 Å². The van der Waals surface area contributed by atoms with Crippen LogP contribution in [0.2, 0.25) is 0 Å². The van der Waals surface area contributed by atoms with Crippen LogP contribution < -0.4 is 5.32 Å². The lowest BCUT2D eigenvalue weighted by Crippen LogP contribution is -2.58. The minimum absolute atomic E-state index is 0.452. The third kappa shape index (κ3) is 4.00. The molecule has 0 radical (unpaired) electrons. The van der Waals surface area contributed by atoms with Gasteiger partial charge in [-0.3, -0.25) is 9.80 Å². The van der Waals surface area contributed by atoms with Gasteiger partial charge in [0.15, 0.2) is 0 Å². The summed E-state index contributed by atoms with van der Waals surface area (Å²) < 4.78 is 0. The molecule has 124 valence electrons. The van der Waals surface area contributed by atoms with Crippen LogP contribution in [-0.2, 0) is 0 Å². The van der Waals surface area contributed by atoms with E-state index in [4.69, 9.17) is 0 Å². The summed E-state index contributed by atoms with van der Waals surface area (Å²) in [5.74, 6) is 0. The van der Waals surface area contributed by atoms with Crippen molar-refractivity contribution in [2.75, 3.05) is 32.7 Å². The van der Waals surface area contributed by atoms with Gasteiger partial charge in [0.2, 0.25) is 0 Å². The minimum atomic E-state index is 0.452. The third-order valence-corrected chi connectivity index (χ3v) is 5.96. The topological polar surface area (TPSA) is 18.5 Å². The van der Waals surface area contributed by atoms with E-state index in [-0.39, 0.29) is 0 Å². The Kier molecular flexibility index (Phi) is 6.10. The summed E-state index contributed by atoms with van der Waals surface area (Å²) in [6, 6.07) is 2.18. The second-order valence-corrected chi connectivity index (χ2v) is 7.86. The Morgan fingerprint density at radius 1 is 1.14 bits per heavy atom. The molecule has 0 aromatic carbocycles. The van der Waals surface area contributed by atoms with Gasteiger partial charge in [-0.25, -0.2) is 0 Å². The van der Waals surface area contributed by atoms with Crippen LogP contribution in [0.4, 0.5) is 0 Å². The van der Waals surface area contributed by atoms with E-state index in [1.807, 2.05) is 0 Å². The average Bonchev–Trinajstić information content (AvgIpc) is 2.79. The van der Waals surface area contributed by atoms with Crippen LogP contribution in [0, 0.1) is 5.41 Å². The monoisotopic (exact) mass is 295 g/mol. The number of nitrogens with zero attached hydrogens (tertiary/aromatic N) is 2. The van der Waals surface area contributed by atoms with Crippen molar-refractivity contribution >= 4 is 0 Å². The van der Waals surface area contributed by atoms with Crippen LogP contribution in [0.15, 0.2) is 0 Å². The highest BCUT2D eigenvalue weighted by molar-refractivity contribution is 5.01. The number of hydrogen-bond donors (Lipinski definition) is 1. The maximum absolute atomic E-state index is 3.86. The predicted molar refractivity (Wildman–Crippen MR) is 91.8 cm³/mol. The van der Waals surface area contributed by atoms with Crippen LogP contribution in [-0.4, -0.2) is 60.6 Å². The molecule has 3 unspecified atom stereocenters. The molecule has 2 fully saturated rings. The summed E-state index contributed by atoms with van der Waals surface area (Å²) in [6.07, 6.45) is 5.25. The molecule has 3 atom stereocenters. The van der Waals surface area contributed by atoms with E-state index in [0.29, 0.717) is 11.5 Å². The first-order chi connectivity index (χ1) is 9.99. The first-order valence-corrected chi connectivity index (χ1v) is 9.21. The summed E-state index contributed by atoms with van der Waals surface area (Å²) in [5.41, 5.74) is 0.452. The van der Waals surface area contributed by atoms with E-state index in [0.717, 1.165) is 18.6 Å². The first kappa shape index (κ1) is 17.2. The normalized spacial score (nSPS) is 32.4. The van der Waals surface area contributed by atoms with E-state index in [2.05, 4.69) is 49.7 Å². The first-order valence-electron chi connectivity index (χ1n) is 9.21. The summed E-state index contributed by atoms with van der Waals surface area (Å²) in [4.78, 5) is 5.45. The van der Waals surface area contributed by atoms with Crippen LogP contribution >= 0.6 is 0 Å². The summed E-state index contributed by atoms with van der Waals surface area (Å²) in [7, 11) is 0. The lowest BCUT2D eigenvalue weighted by atomic mass is 9.86. The molecule has 1 saturated carbocycles. The van der Waals surface area contributed by atoms with Crippen LogP contribution in [0.1, 0.15) is 60.3 Å². The molecule has 0 spiro atoms. The van der Waals surface area contributed by atoms with Crippen molar-refractivity contribution in [1.82, 2.24) is 15.1 Å². The molecule has 2 rings (SSSR count). The molecule has 0 aromatic rings. The van der Waals surface area contributed by atoms with Gasteiger partial charge >= 0.3 is 0 Å². The zero-order chi connectivity index (χ0) is 15.5. The molecule has 0 aromatic heterocycles. The molecule has 21 heavy (non-hydrogen) atoms. The third-order valence-electron chi connectivity index (χ3n) is 5.96. The van der Waals surface area contributed by atoms with Crippen LogP contribution in [0.25, 0.3) is 0 Å². The second-order valence-electron chi connectivity index (χ2n) is 7.86. The van der Waals surface area contributed by atoms with Gasteiger partial charge in [0, 0.05) is 44.3 Å². The van der Waals surface area contributed by atoms with Gasteiger partial charge < -0.3 is 5.32 Å².